The highest BCUT2D eigenvalue weighted by atomic mass is 35.5. The molecule has 2 amide bonds. The second-order valence-corrected chi connectivity index (χ2v) is 5.30. The second-order valence-electron chi connectivity index (χ2n) is 4.86. The quantitative estimate of drug-likeness (QED) is 0.819. The maximum absolute atomic E-state index is 12.2. The molecule has 0 radical (unpaired) electrons. The number of amides is 2. The lowest BCUT2D eigenvalue weighted by Gasteiger charge is -2.22. The first kappa shape index (κ1) is 14.8. The fourth-order valence-corrected chi connectivity index (χ4v) is 2.07. The molecule has 1 aliphatic rings. The van der Waals surface area contributed by atoms with Crippen LogP contribution in [0.1, 0.15) is 18.4 Å². The highest BCUT2D eigenvalue weighted by Gasteiger charge is 2.32. The number of hydrogen-bond donors (Lipinski definition) is 2. The number of halogens is 1. The van der Waals surface area contributed by atoms with Crippen molar-refractivity contribution in [3.8, 4) is 0 Å². The molecule has 5 nitrogen and oxygen atoms in total. The van der Waals surface area contributed by atoms with Crippen molar-refractivity contribution in [1.82, 2.24) is 10.2 Å². The van der Waals surface area contributed by atoms with E-state index in [1.807, 2.05) is 24.3 Å². The first-order valence-corrected chi connectivity index (χ1v) is 6.98. The van der Waals surface area contributed by atoms with Crippen molar-refractivity contribution in [2.45, 2.75) is 25.4 Å². The normalized spacial score (nSPS) is 13.9. The molecule has 1 saturated carbocycles. The number of nitrogens with two attached hydrogens (primary N) is 1. The zero-order chi connectivity index (χ0) is 14.5. The van der Waals surface area contributed by atoms with Crippen LogP contribution >= 0.6 is 11.6 Å². The van der Waals surface area contributed by atoms with Crippen molar-refractivity contribution in [1.29, 1.82) is 0 Å². The van der Waals surface area contributed by atoms with Crippen molar-refractivity contribution in [2.75, 3.05) is 13.1 Å². The Hall–Kier alpha value is -1.59. The summed E-state index contributed by atoms with van der Waals surface area (Å²) in [5.41, 5.74) is 6.22. The molecule has 1 fully saturated rings. The lowest BCUT2D eigenvalue weighted by Crippen LogP contribution is -2.42. The van der Waals surface area contributed by atoms with Gasteiger partial charge in [-0.1, -0.05) is 23.7 Å². The summed E-state index contributed by atoms with van der Waals surface area (Å²) in [5.74, 6) is -0.398. The van der Waals surface area contributed by atoms with Crippen LogP contribution in [0.3, 0.4) is 0 Å². The van der Waals surface area contributed by atoms with Gasteiger partial charge in [-0.2, -0.15) is 0 Å². The van der Waals surface area contributed by atoms with E-state index in [0.29, 0.717) is 11.6 Å². The Balaban J connectivity index is 1.94. The summed E-state index contributed by atoms with van der Waals surface area (Å²) in [6.45, 7) is 0.438. The standard InChI is InChI=1S/C14H18ClN3O2/c15-11-3-1-10(2-4-11)9-18(12-5-6-12)14(20)8-17-13(19)7-16/h1-4,12H,5-9,16H2,(H,17,19). The molecule has 2 rings (SSSR count). The summed E-state index contributed by atoms with van der Waals surface area (Å²) in [5, 5.41) is 3.19. The fraction of sp³-hybridized carbons (Fsp3) is 0.429. The van der Waals surface area contributed by atoms with E-state index >= 15 is 0 Å². The molecule has 0 unspecified atom stereocenters. The van der Waals surface area contributed by atoms with Gasteiger partial charge in [0.15, 0.2) is 0 Å². The van der Waals surface area contributed by atoms with Crippen molar-refractivity contribution in [3.63, 3.8) is 0 Å². The molecule has 108 valence electrons. The average molecular weight is 296 g/mol. The molecule has 1 aromatic rings. The van der Waals surface area contributed by atoms with Crippen LogP contribution in [0.2, 0.25) is 5.02 Å². The maximum Gasteiger partial charge on any atom is 0.242 e. The Morgan fingerprint density at radius 1 is 1.30 bits per heavy atom. The van der Waals surface area contributed by atoms with Gasteiger partial charge in [0.25, 0.3) is 0 Å². The molecule has 3 N–H and O–H groups in total. The van der Waals surface area contributed by atoms with Gasteiger partial charge in [0.2, 0.25) is 11.8 Å². The zero-order valence-electron chi connectivity index (χ0n) is 11.1. The third kappa shape index (κ3) is 4.21. The van der Waals surface area contributed by atoms with Crippen LogP contribution in [0, 0.1) is 0 Å². The van der Waals surface area contributed by atoms with E-state index < -0.39 is 0 Å². The SMILES string of the molecule is NCC(=O)NCC(=O)N(Cc1ccc(Cl)cc1)C1CC1. The smallest absolute Gasteiger partial charge is 0.242 e. The van der Waals surface area contributed by atoms with Crippen molar-refractivity contribution in [2.24, 2.45) is 5.73 Å². The second kappa shape index (κ2) is 6.72. The maximum atomic E-state index is 12.2. The molecule has 0 heterocycles. The highest BCUT2D eigenvalue weighted by molar-refractivity contribution is 6.30. The van der Waals surface area contributed by atoms with Crippen LogP contribution in [0.4, 0.5) is 0 Å². The number of nitrogens with one attached hydrogen (secondary N) is 1. The Bertz CT molecular complexity index is 486. The summed E-state index contributed by atoms with van der Waals surface area (Å²) in [7, 11) is 0. The van der Waals surface area contributed by atoms with E-state index in [0.717, 1.165) is 18.4 Å². The predicted molar refractivity (Wildman–Crippen MR) is 77.1 cm³/mol. The van der Waals surface area contributed by atoms with Crippen LogP contribution in [0.5, 0.6) is 0 Å². The van der Waals surface area contributed by atoms with Crippen molar-refractivity contribution < 1.29 is 9.59 Å². The number of carbonyl (C=O) groups excluding carboxylic acids is 2. The van der Waals surface area contributed by atoms with Gasteiger partial charge in [0.05, 0.1) is 13.1 Å². The van der Waals surface area contributed by atoms with Crippen molar-refractivity contribution >= 4 is 23.4 Å². The van der Waals surface area contributed by atoms with E-state index in [2.05, 4.69) is 5.32 Å². The van der Waals surface area contributed by atoms with Gasteiger partial charge >= 0.3 is 0 Å². The molecule has 1 aromatic carbocycles. The Labute approximate surface area is 123 Å². The number of rotatable bonds is 6. The van der Waals surface area contributed by atoms with Crippen molar-refractivity contribution in [3.05, 3.63) is 34.9 Å². The number of nitrogens with zero attached hydrogens (tertiary/aromatic N) is 1. The largest absolute Gasteiger partial charge is 0.346 e. The van der Waals surface area contributed by atoms with E-state index in [9.17, 15) is 9.59 Å². The molecule has 0 aliphatic heterocycles. The van der Waals surface area contributed by atoms with Crippen LogP contribution in [-0.4, -0.2) is 35.8 Å². The minimum Gasteiger partial charge on any atom is -0.346 e. The Morgan fingerprint density at radius 3 is 2.50 bits per heavy atom. The van der Waals surface area contributed by atoms with E-state index in [4.69, 9.17) is 17.3 Å². The van der Waals surface area contributed by atoms with E-state index in [-0.39, 0.29) is 30.9 Å². The third-order valence-electron chi connectivity index (χ3n) is 3.20. The molecule has 0 atom stereocenters. The molecule has 0 spiro atoms. The molecule has 1 aliphatic carbocycles. The summed E-state index contributed by atoms with van der Waals surface area (Å²) < 4.78 is 0. The number of benzene rings is 1. The van der Waals surface area contributed by atoms with Gasteiger partial charge in [-0.3, -0.25) is 9.59 Å². The first-order valence-electron chi connectivity index (χ1n) is 6.61. The van der Waals surface area contributed by atoms with Crippen LogP contribution in [0.25, 0.3) is 0 Å². The topological polar surface area (TPSA) is 75.4 Å². The zero-order valence-corrected chi connectivity index (χ0v) is 11.9. The Kier molecular flexibility index (Phi) is 4.98. The predicted octanol–water partition coefficient (Wildman–Crippen LogP) is 0.906. The van der Waals surface area contributed by atoms with Gasteiger partial charge in [-0.15, -0.1) is 0 Å². The average Bonchev–Trinajstić information content (AvgIpc) is 3.28. The molecular weight excluding hydrogens is 278 g/mol. The van der Waals surface area contributed by atoms with Gasteiger partial charge in [-0.05, 0) is 30.5 Å². The van der Waals surface area contributed by atoms with Gasteiger partial charge < -0.3 is 16.0 Å². The minimum absolute atomic E-state index is 0.000122. The molecular formula is C14H18ClN3O2. The third-order valence-corrected chi connectivity index (χ3v) is 3.45. The molecule has 0 saturated heterocycles. The molecule has 0 aromatic heterocycles. The van der Waals surface area contributed by atoms with Gasteiger partial charge in [-0.25, -0.2) is 0 Å². The molecule has 20 heavy (non-hydrogen) atoms. The summed E-state index contributed by atoms with van der Waals surface area (Å²) >= 11 is 5.85. The first-order chi connectivity index (χ1) is 9.60. The number of carbonyl (C=O) groups is 2. The number of hydrogen-bond acceptors (Lipinski definition) is 3. The molecule has 6 heteroatoms. The monoisotopic (exact) mass is 295 g/mol. The van der Waals surface area contributed by atoms with E-state index in [1.54, 1.807) is 4.90 Å². The van der Waals surface area contributed by atoms with Crippen LogP contribution in [0.15, 0.2) is 24.3 Å². The Morgan fingerprint density at radius 2 is 1.95 bits per heavy atom. The summed E-state index contributed by atoms with van der Waals surface area (Å²) in [6.07, 6.45) is 2.04. The summed E-state index contributed by atoms with van der Waals surface area (Å²) in [4.78, 5) is 25.1. The van der Waals surface area contributed by atoms with Crippen LogP contribution < -0.4 is 11.1 Å². The fourth-order valence-electron chi connectivity index (χ4n) is 1.94. The lowest BCUT2D eigenvalue weighted by atomic mass is 10.2. The van der Waals surface area contributed by atoms with Gasteiger partial charge in [0, 0.05) is 17.6 Å². The lowest BCUT2D eigenvalue weighted by molar-refractivity contribution is -0.133. The molecule has 0 bridgehead atoms. The summed E-state index contributed by atoms with van der Waals surface area (Å²) in [6, 6.07) is 7.71. The van der Waals surface area contributed by atoms with Crippen LogP contribution in [-0.2, 0) is 16.1 Å². The van der Waals surface area contributed by atoms with E-state index in [1.165, 1.54) is 0 Å². The highest BCUT2D eigenvalue weighted by Crippen LogP contribution is 2.28. The van der Waals surface area contributed by atoms with Gasteiger partial charge in [0.1, 0.15) is 0 Å². The minimum atomic E-state index is -0.319.